The summed E-state index contributed by atoms with van der Waals surface area (Å²) >= 11 is 6.08. The number of carbonyl (C=O) groups is 4. The molecule has 0 spiro atoms. The molecule has 0 heterocycles. The number of halogens is 1. The summed E-state index contributed by atoms with van der Waals surface area (Å²) in [5.41, 5.74) is -1.62. The van der Waals surface area contributed by atoms with Gasteiger partial charge in [0.05, 0.1) is 12.1 Å². The van der Waals surface area contributed by atoms with Gasteiger partial charge in [-0.1, -0.05) is 50.6 Å². The van der Waals surface area contributed by atoms with Crippen LogP contribution in [0.4, 0.5) is 0 Å². The van der Waals surface area contributed by atoms with Crippen LogP contribution in [0.25, 0.3) is 0 Å². The average molecular weight is 501 g/mol. The lowest BCUT2D eigenvalue weighted by molar-refractivity contribution is -0.162. The summed E-state index contributed by atoms with van der Waals surface area (Å²) < 4.78 is 15.3. The maximum Gasteiger partial charge on any atom is 0.305 e. The van der Waals surface area contributed by atoms with Gasteiger partial charge in [0.1, 0.15) is 11.7 Å². The number of ether oxygens (including phenoxy) is 3. The largest absolute Gasteiger partial charge is 0.469 e. The average Bonchev–Trinajstić information content (AvgIpc) is 2.97. The highest BCUT2D eigenvalue weighted by Crippen LogP contribution is 2.37. The number of rotatable bonds is 15. The van der Waals surface area contributed by atoms with Gasteiger partial charge in [-0.05, 0) is 37.8 Å². The Balaban J connectivity index is 3.12. The van der Waals surface area contributed by atoms with Gasteiger partial charge in [0.2, 0.25) is 5.78 Å². The van der Waals surface area contributed by atoms with Gasteiger partial charge in [-0.2, -0.15) is 0 Å². The zero-order valence-electron chi connectivity index (χ0n) is 20.6. The first-order chi connectivity index (χ1) is 16.0. The Hall–Kier alpha value is -2.19. The summed E-state index contributed by atoms with van der Waals surface area (Å²) in [6.07, 6.45) is 7.32. The standard InChI is InChI=1S/C25H37ClO8/c1-5-6-7-8-9-10-14-25(31)16-20(26)24(30)19(25)15-22(34-18(3)28)21(33-17(2)27)12-11-13-23(29)32-4/h15-16,21-22,31H,5-14H2,1-4H3. The van der Waals surface area contributed by atoms with E-state index in [1.54, 1.807) is 0 Å². The van der Waals surface area contributed by atoms with Crippen molar-refractivity contribution in [1.29, 1.82) is 0 Å². The van der Waals surface area contributed by atoms with Crippen molar-refractivity contribution in [2.45, 2.75) is 103 Å². The summed E-state index contributed by atoms with van der Waals surface area (Å²) in [5, 5.41) is 11.1. The van der Waals surface area contributed by atoms with Crippen molar-refractivity contribution < 1.29 is 38.5 Å². The molecule has 0 radical (unpaired) electrons. The highest BCUT2D eigenvalue weighted by Gasteiger charge is 2.42. The van der Waals surface area contributed by atoms with Gasteiger partial charge >= 0.3 is 17.9 Å². The Morgan fingerprint density at radius 2 is 1.68 bits per heavy atom. The van der Waals surface area contributed by atoms with E-state index in [0.717, 1.165) is 32.1 Å². The number of ketones is 1. The molecule has 0 aromatic carbocycles. The lowest BCUT2D eigenvalue weighted by Crippen LogP contribution is -2.36. The predicted molar refractivity (Wildman–Crippen MR) is 127 cm³/mol. The number of aliphatic hydroxyl groups is 1. The van der Waals surface area contributed by atoms with E-state index in [-0.39, 0.29) is 29.9 Å². The van der Waals surface area contributed by atoms with Gasteiger partial charge in [0.25, 0.3) is 0 Å². The van der Waals surface area contributed by atoms with Crippen molar-refractivity contribution in [2.75, 3.05) is 7.11 Å². The summed E-state index contributed by atoms with van der Waals surface area (Å²) in [5.74, 6) is -2.27. The Labute approximate surface area is 206 Å². The molecule has 0 bridgehead atoms. The van der Waals surface area contributed by atoms with E-state index >= 15 is 0 Å². The fourth-order valence-corrected chi connectivity index (χ4v) is 4.19. The van der Waals surface area contributed by atoms with Crippen LogP contribution in [0.5, 0.6) is 0 Å². The predicted octanol–water partition coefficient (Wildman–Crippen LogP) is 4.31. The third kappa shape index (κ3) is 9.97. The molecule has 0 aliphatic heterocycles. The molecule has 1 aliphatic carbocycles. The van der Waals surface area contributed by atoms with Crippen molar-refractivity contribution in [1.82, 2.24) is 0 Å². The molecule has 0 saturated carbocycles. The summed E-state index contributed by atoms with van der Waals surface area (Å²) in [6, 6.07) is 0. The monoisotopic (exact) mass is 500 g/mol. The molecular weight excluding hydrogens is 464 g/mol. The van der Waals surface area contributed by atoms with E-state index in [1.807, 2.05) is 0 Å². The van der Waals surface area contributed by atoms with Crippen LogP contribution in [-0.2, 0) is 33.4 Å². The minimum atomic E-state index is -1.61. The van der Waals surface area contributed by atoms with Crippen LogP contribution in [-0.4, -0.2) is 53.7 Å². The summed E-state index contributed by atoms with van der Waals surface area (Å²) in [6.45, 7) is 4.53. The lowest BCUT2D eigenvalue weighted by Gasteiger charge is -2.27. The number of Topliss-reactive ketones (excluding diaryl/α,β-unsaturated/α-hetero) is 1. The molecule has 3 unspecified atom stereocenters. The van der Waals surface area contributed by atoms with Crippen molar-refractivity contribution in [3.63, 3.8) is 0 Å². The Kier molecular flexibility index (Phi) is 13.1. The number of hydrogen-bond acceptors (Lipinski definition) is 8. The summed E-state index contributed by atoms with van der Waals surface area (Å²) in [4.78, 5) is 47.7. The first kappa shape index (κ1) is 29.8. The lowest BCUT2D eigenvalue weighted by atomic mass is 9.88. The SMILES string of the molecule is CCCCCCCCC1(O)C=C(Cl)C(=O)C1=CC(OC(C)=O)C(CCCC(=O)OC)OC(C)=O. The molecule has 0 aromatic rings. The highest BCUT2D eigenvalue weighted by atomic mass is 35.5. The van der Waals surface area contributed by atoms with Gasteiger partial charge in [-0.3, -0.25) is 19.2 Å². The van der Waals surface area contributed by atoms with Crippen LogP contribution in [0.3, 0.4) is 0 Å². The zero-order chi connectivity index (χ0) is 25.7. The molecule has 34 heavy (non-hydrogen) atoms. The minimum Gasteiger partial charge on any atom is -0.469 e. The Morgan fingerprint density at radius 1 is 1.06 bits per heavy atom. The van der Waals surface area contributed by atoms with E-state index in [9.17, 15) is 24.3 Å². The fourth-order valence-electron chi connectivity index (χ4n) is 3.91. The molecule has 1 rings (SSSR count). The molecule has 1 N–H and O–H groups in total. The molecule has 1 aliphatic rings. The summed E-state index contributed by atoms with van der Waals surface area (Å²) in [7, 11) is 1.27. The first-order valence-electron chi connectivity index (χ1n) is 11.8. The molecule has 0 aromatic heterocycles. The molecule has 192 valence electrons. The van der Waals surface area contributed by atoms with Crippen molar-refractivity contribution in [2.24, 2.45) is 0 Å². The van der Waals surface area contributed by atoms with Crippen LogP contribution < -0.4 is 0 Å². The van der Waals surface area contributed by atoms with Crippen molar-refractivity contribution in [3.8, 4) is 0 Å². The van der Waals surface area contributed by atoms with Gasteiger partial charge < -0.3 is 19.3 Å². The van der Waals surface area contributed by atoms with Crippen LogP contribution in [0, 0.1) is 0 Å². The number of esters is 3. The molecular formula is C25H37ClO8. The second-order valence-corrected chi connectivity index (χ2v) is 8.94. The fraction of sp³-hybridized carbons (Fsp3) is 0.680. The van der Waals surface area contributed by atoms with Crippen molar-refractivity contribution >= 4 is 35.3 Å². The van der Waals surface area contributed by atoms with Gasteiger partial charge in [-0.15, -0.1) is 0 Å². The molecule has 0 fully saturated rings. The first-order valence-corrected chi connectivity index (χ1v) is 12.2. The van der Waals surface area contributed by atoms with E-state index in [0.29, 0.717) is 12.8 Å². The number of carbonyl (C=O) groups excluding carboxylic acids is 4. The van der Waals surface area contributed by atoms with Crippen LogP contribution in [0.15, 0.2) is 22.8 Å². The second kappa shape index (κ2) is 14.9. The molecule has 0 amide bonds. The molecule has 9 heteroatoms. The third-order valence-corrected chi connectivity index (χ3v) is 5.90. The van der Waals surface area contributed by atoms with E-state index < -0.39 is 41.5 Å². The van der Waals surface area contributed by atoms with Gasteiger partial charge in [0, 0.05) is 25.8 Å². The van der Waals surface area contributed by atoms with Gasteiger partial charge in [0.15, 0.2) is 6.10 Å². The topological polar surface area (TPSA) is 116 Å². The molecule has 0 saturated heterocycles. The number of methoxy groups -OCH3 is 1. The molecule has 8 nitrogen and oxygen atoms in total. The number of unbranched alkanes of at least 4 members (excludes halogenated alkanes) is 5. The van der Waals surface area contributed by atoms with Gasteiger partial charge in [-0.25, -0.2) is 0 Å². The van der Waals surface area contributed by atoms with E-state index in [2.05, 4.69) is 11.7 Å². The Bertz CT molecular complexity index is 788. The van der Waals surface area contributed by atoms with Crippen LogP contribution in [0.1, 0.15) is 85.0 Å². The second-order valence-electron chi connectivity index (χ2n) is 8.53. The number of allylic oxidation sites excluding steroid dienone is 1. The quantitative estimate of drug-likeness (QED) is 0.153. The third-order valence-electron chi connectivity index (χ3n) is 5.62. The maximum atomic E-state index is 12.8. The van der Waals surface area contributed by atoms with Crippen molar-refractivity contribution in [3.05, 3.63) is 22.8 Å². The van der Waals surface area contributed by atoms with E-state index in [1.165, 1.54) is 33.1 Å². The smallest absolute Gasteiger partial charge is 0.305 e. The van der Waals surface area contributed by atoms with Crippen LogP contribution >= 0.6 is 11.6 Å². The maximum absolute atomic E-state index is 12.8. The van der Waals surface area contributed by atoms with E-state index in [4.69, 9.17) is 21.1 Å². The highest BCUT2D eigenvalue weighted by molar-refractivity contribution is 6.46. The minimum absolute atomic E-state index is 0.0116. The molecule has 3 atom stereocenters. The zero-order valence-corrected chi connectivity index (χ0v) is 21.3. The Morgan fingerprint density at radius 3 is 2.26 bits per heavy atom. The van der Waals surface area contributed by atoms with Crippen LogP contribution in [0.2, 0.25) is 0 Å². The normalized spacial score (nSPS) is 20.6. The number of hydrogen-bond donors (Lipinski definition) is 1.